The van der Waals surface area contributed by atoms with E-state index in [4.69, 9.17) is 5.11 Å². The first-order valence-electron chi connectivity index (χ1n) is 5.82. The van der Waals surface area contributed by atoms with Crippen LogP contribution in [0.5, 0.6) is 0 Å². The Hall–Kier alpha value is -1.07. The number of likely N-dealkylation sites (N-methyl/N-ethyl adjacent to an activating group) is 1. The van der Waals surface area contributed by atoms with Crippen molar-refractivity contribution in [2.45, 2.75) is 18.9 Å². The Kier molecular flexibility index (Phi) is 3.69. The highest BCUT2D eigenvalue weighted by molar-refractivity contribution is 7.17. The molecule has 2 heterocycles. The Bertz CT molecular complexity index is 403. The number of aromatic carboxylic acids is 1. The second-order valence-electron chi connectivity index (χ2n) is 4.69. The number of rotatable bonds is 4. The lowest BCUT2D eigenvalue weighted by Gasteiger charge is -2.27. The molecule has 0 aromatic carbocycles. The first-order chi connectivity index (χ1) is 8.08. The second-order valence-corrected chi connectivity index (χ2v) is 5.76. The normalized spacial score (nSPS) is 20.2. The number of anilines is 1. The van der Waals surface area contributed by atoms with E-state index in [0.29, 0.717) is 10.9 Å². The van der Waals surface area contributed by atoms with Crippen LogP contribution in [0.15, 0.2) is 12.1 Å². The molecule has 17 heavy (non-hydrogen) atoms. The molecule has 1 fully saturated rings. The second kappa shape index (κ2) is 5.06. The Morgan fingerprint density at radius 3 is 2.94 bits per heavy atom. The van der Waals surface area contributed by atoms with E-state index in [1.807, 2.05) is 6.07 Å². The van der Waals surface area contributed by atoms with Crippen molar-refractivity contribution in [1.82, 2.24) is 4.90 Å². The van der Waals surface area contributed by atoms with Crippen LogP contribution >= 0.6 is 11.3 Å². The smallest absolute Gasteiger partial charge is 0.345 e. The summed E-state index contributed by atoms with van der Waals surface area (Å²) in [5.74, 6) is -0.829. The molecule has 1 N–H and O–H groups in total. The number of carboxylic acid groups (broad SMARTS) is 1. The van der Waals surface area contributed by atoms with E-state index in [1.165, 1.54) is 24.2 Å². The molecule has 0 amide bonds. The molecule has 1 aliphatic heterocycles. The average molecular weight is 254 g/mol. The largest absolute Gasteiger partial charge is 0.477 e. The van der Waals surface area contributed by atoms with Crippen molar-refractivity contribution in [3.8, 4) is 0 Å². The third-order valence-electron chi connectivity index (χ3n) is 3.04. The Balaban J connectivity index is 2.11. The molecule has 1 aromatic heterocycles. The van der Waals surface area contributed by atoms with Crippen molar-refractivity contribution < 1.29 is 9.90 Å². The first kappa shape index (κ1) is 12.4. The number of thiophene rings is 1. The van der Waals surface area contributed by atoms with Crippen molar-refractivity contribution in [3.05, 3.63) is 17.0 Å². The fraction of sp³-hybridized carbons (Fsp3) is 0.583. The topological polar surface area (TPSA) is 43.8 Å². The van der Waals surface area contributed by atoms with Gasteiger partial charge in [0.15, 0.2) is 0 Å². The average Bonchev–Trinajstić information content (AvgIpc) is 2.83. The van der Waals surface area contributed by atoms with Gasteiger partial charge in [-0.2, -0.15) is 0 Å². The number of hydrogen-bond donors (Lipinski definition) is 1. The van der Waals surface area contributed by atoms with E-state index in [9.17, 15) is 4.79 Å². The highest BCUT2D eigenvalue weighted by atomic mass is 32.1. The minimum atomic E-state index is -0.829. The van der Waals surface area contributed by atoms with Crippen LogP contribution in [0.25, 0.3) is 0 Å². The van der Waals surface area contributed by atoms with Gasteiger partial charge in [-0.1, -0.05) is 0 Å². The summed E-state index contributed by atoms with van der Waals surface area (Å²) in [5.41, 5.74) is 0. The standard InChI is InChI=1S/C12H18N2O2S/c1-13(2)8-9-4-3-7-14(9)11-6-5-10(17-11)12(15)16/h5-6,9H,3-4,7-8H2,1-2H3,(H,15,16). The van der Waals surface area contributed by atoms with Crippen LogP contribution in [0, 0.1) is 0 Å². The molecule has 1 aliphatic rings. The van der Waals surface area contributed by atoms with Gasteiger partial charge in [-0.05, 0) is 39.1 Å². The molecule has 0 aliphatic carbocycles. The van der Waals surface area contributed by atoms with Crippen LogP contribution in [0.1, 0.15) is 22.5 Å². The van der Waals surface area contributed by atoms with Gasteiger partial charge >= 0.3 is 5.97 Å². The predicted molar refractivity (Wildman–Crippen MR) is 70.2 cm³/mol. The van der Waals surface area contributed by atoms with Gasteiger partial charge in [0.2, 0.25) is 0 Å². The molecule has 0 radical (unpaired) electrons. The highest BCUT2D eigenvalue weighted by Gasteiger charge is 2.26. The first-order valence-corrected chi connectivity index (χ1v) is 6.64. The summed E-state index contributed by atoms with van der Waals surface area (Å²) in [7, 11) is 4.15. The van der Waals surface area contributed by atoms with Crippen LogP contribution in [0.3, 0.4) is 0 Å². The van der Waals surface area contributed by atoms with Crippen LogP contribution in [0.2, 0.25) is 0 Å². The molecule has 94 valence electrons. The van der Waals surface area contributed by atoms with Gasteiger partial charge in [0.05, 0.1) is 5.00 Å². The Morgan fingerprint density at radius 2 is 2.35 bits per heavy atom. The maximum atomic E-state index is 10.9. The monoisotopic (exact) mass is 254 g/mol. The SMILES string of the molecule is CN(C)CC1CCCN1c1ccc(C(=O)O)s1. The van der Waals surface area contributed by atoms with Gasteiger partial charge in [-0.25, -0.2) is 4.79 Å². The fourth-order valence-electron chi connectivity index (χ4n) is 2.33. The zero-order valence-corrected chi connectivity index (χ0v) is 11.0. The number of carboxylic acids is 1. The predicted octanol–water partition coefficient (Wildman–Crippen LogP) is 1.98. The van der Waals surface area contributed by atoms with Crippen LogP contribution in [-0.2, 0) is 0 Å². The van der Waals surface area contributed by atoms with Crippen molar-refractivity contribution in [2.75, 3.05) is 32.1 Å². The van der Waals surface area contributed by atoms with Crippen molar-refractivity contribution >= 4 is 22.3 Å². The Morgan fingerprint density at radius 1 is 1.59 bits per heavy atom. The van der Waals surface area contributed by atoms with E-state index in [2.05, 4.69) is 23.9 Å². The van der Waals surface area contributed by atoms with E-state index >= 15 is 0 Å². The molecule has 0 bridgehead atoms. The summed E-state index contributed by atoms with van der Waals surface area (Å²) in [6.45, 7) is 2.07. The van der Waals surface area contributed by atoms with Crippen LogP contribution in [0.4, 0.5) is 5.00 Å². The van der Waals surface area contributed by atoms with Crippen LogP contribution in [-0.4, -0.2) is 49.2 Å². The van der Waals surface area contributed by atoms with Crippen molar-refractivity contribution in [3.63, 3.8) is 0 Å². The molecule has 1 unspecified atom stereocenters. The molecule has 4 nitrogen and oxygen atoms in total. The summed E-state index contributed by atoms with van der Waals surface area (Å²) >= 11 is 1.38. The van der Waals surface area contributed by atoms with Crippen molar-refractivity contribution in [2.24, 2.45) is 0 Å². The minimum Gasteiger partial charge on any atom is -0.477 e. The van der Waals surface area contributed by atoms with Crippen molar-refractivity contribution in [1.29, 1.82) is 0 Å². The maximum Gasteiger partial charge on any atom is 0.345 e. The molecular weight excluding hydrogens is 236 g/mol. The zero-order chi connectivity index (χ0) is 12.4. The number of nitrogens with zero attached hydrogens (tertiary/aromatic N) is 2. The van der Waals surface area contributed by atoms with E-state index in [1.54, 1.807) is 6.07 Å². The molecule has 1 saturated heterocycles. The van der Waals surface area contributed by atoms with E-state index < -0.39 is 5.97 Å². The fourth-order valence-corrected chi connectivity index (χ4v) is 3.28. The maximum absolute atomic E-state index is 10.9. The summed E-state index contributed by atoms with van der Waals surface area (Å²) in [5, 5.41) is 10.0. The molecule has 5 heteroatoms. The van der Waals surface area contributed by atoms with Gasteiger partial charge in [-0.3, -0.25) is 0 Å². The minimum absolute atomic E-state index is 0.426. The highest BCUT2D eigenvalue weighted by Crippen LogP contribution is 2.32. The Labute approximate surface area is 105 Å². The zero-order valence-electron chi connectivity index (χ0n) is 10.2. The lowest BCUT2D eigenvalue weighted by molar-refractivity contribution is 0.0702. The molecule has 1 aromatic rings. The van der Waals surface area contributed by atoms with E-state index in [0.717, 1.165) is 18.1 Å². The van der Waals surface area contributed by atoms with Gasteiger partial charge in [-0.15, -0.1) is 11.3 Å². The van der Waals surface area contributed by atoms with E-state index in [-0.39, 0.29) is 0 Å². The van der Waals surface area contributed by atoms with Gasteiger partial charge in [0, 0.05) is 19.1 Å². The van der Waals surface area contributed by atoms with Crippen LogP contribution < -0.4 is 4.90 Å². The summed E-state index contributed by atoms with van der Waals surface area (Å²) in [6, 6.07) is 4.15. The summed E-state index contributed by atoms with van der Waals surface area (Å²) in [6.07, 6.45) is 2.39. The molecule has 2 rings (SSSR count). The number of hydrogen-bond acceptors (Lipinski definition) is 4. The summed E-state index contributed by atoms with van der Waals surface area (Å²) in [4.78, 5) is 15.8. The molecule has 0 spiro atoms. The number of carbonyl (C=O) groups is 1. The lowest BCUT2D eigenvalue weighted by atomic mass is 10.2. The summed E-state index contributed by atoms with van der Waals surface area (Å²) < 4.78 is 0. The molecule has 1 atom stereocenters. The lowest BCUT2D eigenvalue weighted by Crippen LogP contribution is -2.37. The van der Waals surface area contributed by atoms with Gasteiger partial charge in [0.1, 0.15) is 4.88 Å². The van der Waals surface area contributed by atoms with Gasteiger partial charge < -0.3 is 14.9 Å². The quantitative estimate of drug-likeness (QED) is 0.892. The third-order valence-corrected chi connectivity index (χ3v) is 4.15. The molecule has 0 saturated carbocycles. The third kappa shape index (κ3) is 2.79. The van der Waals surface area contributed by atoms with Gasteiger partial charge in [0.25, 0.3) is 0 Å². The molecular formula is C12H18N2O2S.